The van der Waals surface area contributed by atoms with Crippen LogP contribution >= 0.6 is 7.82 Å². The molecule has 0 radical (unpaired) electrons. The lowest BCUT2D eigenvalue weighted by Crippen LogP contribution is -2.34. The zero-order chi connectivity index (χ0) is 37.1. The normalized spacial score (nSPS) is 14.0. The lowest BCUT2D eigenvalue weighted by Gasteiger charge is -2.20. The first kappa shape index (κ1) is 48.2. The summed E-state index contributed by atoms with van der Waals surface area (Å²) in [5.41, 5.74) is 5.31. The Morgan fingerprint density at radius 3 is 1.48 bits per heavy atom. The Bertz CT molecular complexity index is 916. The number of hydrogen-bond donors (Lipinski definition) is 3. The van der Waals surface area contributed by atoms with Crippen molar-refractivity contribution in [2.24, 2.45) is 5.73 Å². The van der Waals surface area contributed by atoms with Gasteiger partial charge in [-0.25, -0.2) is 4.57 Å². The maximum absolute atomic E-state index is 12.5. The maximum atomic E-state index is 12.5. The van der Waals surface area contributed by atoms with E-state index in [1.807, 2.05) is 0 Å². The minimum Gasteiger partial charge on any atom is -0.480 e. The average Bonchev–Trinajstić information content (AvgIpc) is 3.09. The second-order valence-corrected chi connectivity index (χ2v) is 14.9. The highest BCUT2D eigenvalue weighted by molar-refractivity contribution is 7.47. The summed E-state index contributed by atoms with van der Waals surface area (Å²) in [7, 11) is -4.71. The molecule has 0 saturated carbocycles. The molecular weight excluding hydrogens is 661 g/mol. The molecule has 0 aliphatic carbocycles. The van der Waals surface area contributed by atoms with E-state index in [4.69, 9.17) is 24.8 Å². The van der Waals surface area contributed by atoms with Crippen molar-refractivity contribution in [3.05, 3.63) is 12.2 Å². The largest absolute Gasteiger partial charge is 0.480 e. The number of aliphatic carboxylic acids is 1. The number of phosphoric acid groups is 1. The van der Waals surface area contributed by atoms with Crippen LogP contribution in [0.1, 0.15) is 181 Å². The molecule has 1 unspecified atom stereocenters. The molecule has 0 aliphatic heterocycles. The van der Waals surface area contributed by atoms with E-state index < -0.39 is 51.1 Å². The topological polar surface area (TPSA) is 172 Å². The number of nitrogens with two attached hydrogens (primary N) is 1. The second kappa shape index (κ2) is 34.3. The molecule has 0 saturated heterocycles. The van der Waals surface area contributed by atoms with Gasteiger partial charge in [-0.2, -0.15) is 0 Å². The Labute approximate surface area is 303 Å². The summed E-state index contributed by atoms with van der Waals surface area (Å²) in [6.07, 6.45) is 31.4. The Balaban J connectivity index is 4.43. The predicted octanol–water partition coefficient (Wildman–Crippen LogP) is 9.73. The summed E-state index contributed by atoms with van der Waals surface area (Å²) in [6.45, 7) is 2.77. The van der Waals surface area contributed by atoms with Gasteiger partial charge in [-0.1, -0.05) is 142 Å². The van der Waals surface area contributed by atoms with Gasteiger partial charge in [-0.3, -0.25) is 23.4 Å². The molecule has 294 valence electrons. The van der Waals surface area contributed by atoms with Crippen molar-refractivity contribution in [2.75, 3.05) is 19.8 Å². The fourth-order valence-corrected chi connectivity index (χ4v) is 6.13. The van der Waals surface area contributed by atoms with Gasteiger partial charge in [0.25, 0.3) is 0 Å². The number of carbonyl (C=O) groups excluding carboxylic acids is 2. The molecule has 0 aromatic rings. The second-order valence-electron chi connectivity index (χ2n) is 13.4. The van der Waals surface area contributed by atoms with Gasteiger partial charge < -0.3 is 25.2 Å². The first-order valence-corrected chi connectivity index (χ1v) is 21.2. The minimum absolute atomic E-state index is 0.144. The Hall–Kier alpha value is -1.78. The molecule has 0 rings (SSSR count). The number of carbonyl (C=O) groups is 3. The van der Waals surface area contributed by atoms with Crippen molar-refractivity contribution in [3.63, 3.8) is 0 Å². The number of rotatable bonds is 37. The first-order valence-electron chi connectivity index (χ1n) is 19.7. The van der Waals surface area contributed by atoms with Crippen LogP contribution in [0.25, 0.3) is 0 Å². The maximum Gasteiger partial charge on any atom is 0.472 e. The smallest absolute Gasteiger partial charge is 0.472 e. The van der Waals surface area contributed by atoms with Crippen LogP contribution in [0.15, 0.2) is 12.2 Å². The molecule has 0 amide bonds. The molecule has 0 spiro atoms. The zero-order valence-corrected chi connectivity index (χ0v) is 32.4. The van der Waals surface area contributed by atoms with Gasteiger partial charge in [0.1, 0.15) is 12.6 Å². The fraction of sp³-hybridized carbons (Fsp3) is 0.868. The van der Waals surface area contributed by atoms with Crippen LogP contribution in [-0.2, 0) is 37.5 Å². The standard InChI is InChI=1S/C38H72NO10P/c1-3-5-7-9-11-13-15-17-19-21-23-25-27-29-36(40)46-31-34(32-47-50(44,45)48-33-35(39)38(42)43)49-37(41)30-28-26-24-22-20-18-16-14-12-10-8-6-4-2/h18,20,34-35H,3-17,19,21-33,39H2,1-2H3,(H,42,43)(H,44,45)/b20-18+/t34-,35+/m1/s1. The van der Waals surface area contributed by atoms with E-state index in [1.54, 1.807) is 0 Å². The van der Waals surface area contributed by atoms with Crippen LogP contribution < -0.4 is 5.73 Å². The van der Waals surface area contributed by atoms with Crippen LogP contribution in [-0.4, -0.2) is 59.9 Å². The van der Waals surface area contributed by atoms with E-state index in [1.165, 1.54) is 96.3 Å². The van der Waals surface area contributed by atoms with Gasteiger partial charge in [-0.05, 0) is 38.5 Å². The molecule has 3 atom stereocenters. The SMILES string of the molecule is CCCCCCCC/C=C/CCCCCC(=O)O[C@H](COC(=O)CCCCCCCCCCCCCCC)COP(=O)(O)OC[C@H](N)C(=O)O. The Morgan fingerprint density at radius 2 is 1.00 bits per heavy atom. The third-order valence-electron chi connectivity index (χ3n) is 8.51. The highest BCUT2D eigenvalue weighted by Gasteiger charge is 2.28. The van der Waals surface area contributed by atoms with Gasteiger partial charge in [0.05, 0.1) is 13.2 Å². The molecule has 0 aliphatic rings. The van der Waals surface area contributed by atoms with E-state index in [9.17, 15) is 23.8 Å². The molecular formula is C38H72NO10P. The fourth-order valence-electron chi connectivity index (χ4n) is 5.35. The van der Waals surface area contributed by atoms with Crippen LogP contribution in [0.2, 0.25) is 0 Å². The van der Waals surface area contributed by atoms with E-state index in [-0.39, 0.29) is 19.4 Å². The van der Waals surface area contributed by atoms with Crippen molar-refractivity contribution in [3.8, 4) is 0 Å². The van der Waals surface area contributed by atoms with Crippen LogP contribution in [0.4, 0.5) is 0 Å². The summed E-state index contributed by atoms with van der Waals surface area (Å²) in [6, 6.07) is -1.52. The molecule has 0 heterocycles. The number of hydrogen-bond acceptors (Lipinski definition) is 9. The predicted molar refractivity (Wildman–Crippen MR) is 199 cm³/mol. The monoisotopic (exact) mass is 733 g/mol. The van der Waals surface area contributed by atoms with Crippen LogP contribution in [0, 0.1) is 0 Å². The lowest BCUT2D eigenvalue weighted by atomic mass is 10.0. The van der Waals surface area contributed by atoms with Gasteiger partial charge in [0.15, 0.2) is 6.10 Å². The molecule has 0 fully saturated rings. The first-order chi connectivity index (χ1) is 24.1. The van der Waals surface area contributed by atoms with E-state index in [0.717, 1.165) is 44.9 Å². The third-order valence-corrected chi connectivity index (χ3v) is 9.46. The van der Waals surface area contributed by atoms with E-state index in [2.05, 4.69) is 30.5 Å². The molecule has 12 heteroatoms. The highest BCUT2D eigenvalue weighted by atomic mass is 31.2. The van der Waals surface area contributed by atoms with Crippen molar-refractivity contribution in [1.29, 1.82) is 0 Å². The van der Waals surface area contributed by atoms with E-state index in [0.29, 0.717) is 12.8 Å². The molecule has 50 heavy (non-hydrogen) atoms. The Morgan fingerprint density at radius 1 is 0.600 bits per heavy atom. The lowest BCUT2D eigenvalue weighted by molar-refractivity contribution is -0.161. The number of ether oxygens (including phenoxy) is 2. The number of allylic oxidation sites excluding steroid dienone is 2. The summed E-state index contributed by atoms with van der Waals surface area (Å²) in [4.78, 5) is 45.7. The van der Waals surface area contributed by atoms with Crippen molar-refractivity contribution >= 4 is 25.7 Å². The molecule has 0 aromatic carbocycles. The third kappa shape index (κ3) is 33.4. The number of carboxylic acid groups (broad SMARTS) is 1. The van der Waals surface area contributed by atoms with Gasteiger partial charge in [0.2, 0.25) is 0 Å². The highest BCUT2D eigenvalue weighted by Crippen LogP contribution is 2.43. The molecule has 0 bridgehead atoms. The van der Waals surface area contributed by atoms with Crippen LogP contribution in [0.5, 0.6) is 0 Å². The summed E-state index contributed by atoms with van der Waals surface area (Å²) < 4.78 is 32.5. The van der Waals surface area contributed by atoms with Crippen molar-refractivity contribution in [1.82, 2.24) is 0 Å². The Kier molecular flexibility index (Phi) is 33.1. The van der Waals surface area contributed by atoms with E-state index >= 15 is 0 Å². The zero-order valence-electron chi connectivity index (χ0n) is 31.5. The molecule has 11 nitrogen and oxygen atoms in total. The number of unbranched alkanes of at least 4 members (excludes halogenated alkanes) is 21. The van der Waals surface area contributed by atoms with Gasteiger partial charge in [-0.15, -0.1) is 0 Å². The van der Waals surface area contributed by atoms with Gasteiger partial charge in [0, 0.05) is 12.8 Å². The molecule has 4 N–H and O–H groups in total. The minimum atomic E-state index is -4.71. The van der Waals surface area contributed by atoms with Crippen molar-refractivity contribution in [2.45, 2.75) is 193 Å². The average molecular weight is 734 g/mol. The summed E-state index contributed by atoms with van der Waals surface area (Å²) in [5.74, 6) is -2.39. The summed E-state index contributed by atoms with van der Waals surface area (Å²) in [5, 5.41) is 8.86. The summed E-state index contributed by atoms with van der Waals surface area (Å²) >= 11 is 0. The van der Waals surface area contributed by atoms with Crippen molar-refractivity contribution < 1.29 is 47.5 Å². The quantitative estimate of drug-likeness (QED) is 0.0240. The van der Waals surface area contributed by atoms with Gasteiger partial charge >= 0.3 is 25.7 Å². The number of carboxylic acids is 1. The number of phosphoric ester groups is 1. The van der Waals surface area contributed by atoms with Crippen LogP contribution in [0.3, 0.4) is 0 Å². The molecule has 0 aromatic heterocycles. The number of esters is 2.